The van der Waals surface area contributed by atoms with Crippen LogP contribution in [-0.2, 0) is 6.61 Å². The van der Waals surface area contributed by atoms with Gasteiger partial charge in [0.2, 0.25) is 11.2 Å². The Morgan fingerprint density at radius 3 is 2.94 bits per heavy atom. The molecule has 0 bridgehead atoms. The zero-order chi connectivity index (χ0) is 11.8. The van der Waals surface area contributed by atoms with Gasteiger partial charge >= 0.3 is 0 Å². The van der Waals surface area contributed by atoms with E-state index in [0.717, 1.165) is 12.8 Å². The molecule has 1 N–H and O–H groups in total. The lowest BCUT2D eigenvalue weighted by Crippen LogP contribution is -2.08. The second-order valence-corrected chi connectivity index (χ2v) is 3.25. The van der Waals surface area contributed by atoms with Gasteiger partial charge in [-0.05, 0) is 12.8 Å². The normalized spacial score (nSPS) is 10.9. The van der Waals surface area contributed by atoms with Crippen molar-refractivity contribution in [3.63, 3.8) is 0 Å². The highest BCUT2D eigenvalue weighted by Gasteiger charge is 2.02. The summed E-state index contributed by atoms with van der Waals surface area (Å²) in [6.45, 7) is 2.22. The predicted molar refractivity (Wildman–Crippen MR) is 60.4 cm³/mol. The second kappa shape index (κ2) is 6.85. The number of ether oxygens (including phenoxy) is 1. The van der Waals surface area contributed by atoms with Crippen LogP contribution in [0.4, 0.5) is 0 Å². The first-order valence-electron chi connectivity index (χ1n) is 5.28. The van der Waals surface area contributed by atoms with E-state index in [2.05, 4.69) is 6.92 Å². The van der Waals surface area contributed by atoms with E-state index in [-0.39, 0.29) is 23.5 Å². The molecule has 0 aromatic carbocycles. The molecule has 1 aromatic heterocycles. The molecule has 16 heavy (non-hydrogen) atoms. The number of rotatable bonds is 6. The van der Waals surface area contributed by atoms with E-state index in [1.54, 1.807) is 0 Å². The van der Waals surface area contributed by atoms with E-state index < -0.39 is 0 Å². The smallest absolute Gasteiger partial charge is 0.227 e. The van der Waals surface area contributed by atoms with Gasteiger partial charge in [-0.25, -0.2) is 0 Å². The molecule has 4 nitrogen and oxygen atoms in total. The van der Waals surface area contributed by atoms with Crippen LogP contribution in [0, 0.1) is 0 Å². The van der Waals surface area contributed by atoms with Crippen LogP contribution in [-0.4, -0.2) is 11.7 Å². The van der Waals surface area contributed by atoms with E-state index in [9.17, 15) is 4.79 Å². The summed E-state index contributed by atoms with van der Waals surface area (Å²) in [7, 11) is 0. The predicted octanol–water partition coefficient (Wildman–Crippen LogP) is 1.87. The molecule has 1 heterocycles. The molecule has 0 spiro atoms. The fourth-order valence-electron chi connectivity index (χ4n) is 1.15. The van der Waals surface area contributed by atoms with Gasteiger partial charge in [-0.3, -0.25) is 4.79 Å². The van der Waals surface area contributed by atoms with Crippen molar-refractivity contribution >= 4 is 0 Å². The molecule has 0 aliphatic heterocycles. The lowest BCUT2D eigenvalue weighted by molar-refractivity contribution is 0.238. The molecule has 0 aliphatic rings. The molecule has 0 unspecified atom stereocenters. The maximum Gasteiger partial charge on any atom is 0.227 e. The van der Waals surface area contributed by atoms with E-state index in [1.165, 1.54) is 12.3 Å². The number of hydrogen-bond acceptors (Lipinski definition) is 4. The molecule has 0 saturated heterocycles. The van der Waals surface area contributed by atoms with Crippen molar-refractivity contribution in [3.8, 4) is 5.75 Å². The highest BCUT2D eigenvalue weighted by atomic mass is 16.5. The summed E-state index contributed by atoms with van der Waals surface area (Å²) in [6, 6.07) is 1.23. The zero-order valence-corrected chi connectivity index (χ0v) is 9.31. The molecule has 0 fully saturated rings. The number of aliphatic hydroxyl groups is 1. The minimum Gasteiger partial charge on any atom is -0.486 e. The van der Waals surface area contributed by atoms with Gasteiger partial charge in [0.05, 0.1) is 6.61 Å². The fourth-order valence-corrected chi connectivity index (χ4v) is 1.15. The van der Waals surface area contributed by atoms with E-state index in [4.69, 9.17) is 14.3 Å². The SMILES string of the molecule is CC/C=C/CCOc1coc(CO)cc1=O. The van der Waals surface area contributed by atoms with Gasteiger partial charge in [0.1, 0.15) is 18.6 Å². The minimum absolute atomic E-state index is 0.182. The van der Waals surface area contributed by atoms with E-state index >= 15 is 0 Å². The fraction of sp³-hybridized carbons (Fsp3) is 0.417. The molecule has 1 aromatic rings. The average Bonchev–Trinajstić information content (AvgIpc) is 2.30. The standard InChI is InChI=1S/C12H16O4/c1-2-3-4-5-6-15-12-9-16-10(8-13)7-11(12)14/h3-4,7,9,13H,2,5-6,8H2,1H3/b4-3+. The third kappa shape index (κ3) is 3.90. The van der Waals surface area contributed by atoms with Crippen molar-refractivity contribution in [2.75, 3.05) is 6.61 Å². The Kier molecular flexibility index (Phi) is 5.36. The van der Waals surface area contributed by atoms with Crippen molar-refractivity contribution in [2.24, 2.45) is 0 Å². The maximum atomic E-state index is 11.4. The van der Waals surface area contributed by atoms with Crippen molar-refractivity contribution in [1.29, 1.82) is 0 Å². The molecule has 0 amide bonds. The summed E-state index contributed by atoms with van der Waals surface area (Å²) in [6.07, 6.45) is 7.03. The Balaban J connectivity index is 2.48. The van der Waals surface area contributed by atoms with Crippen molar-refractivity contribution < 1.29 is 14.3 Å². The monoisotopic (exact) mass is 224 g/mol. The van der Waals surface area contributed by atoms with Crippen molar-refractivity contribution in [3.05, 3.63) is 40.5 Å². The van der Waals surface area contributed by atoms with E-state index in [1.807, 2.05) is 12.2 Å². The Labute approximate surface area is 94.2 Å². The molecule has 0 saturated carbocycles. The Bertz CT molecular complexity index is 392. The highest BCUT2D eigenvalue weighted by Crippen LogP contribution is 2.06. The van der Waals surface area contributed by atoms with Gasteiger partial charge in [0.15, 0.2) is 0 Å². The van der Waals surface area contributed by atoms with Gasteiger partial charge in [0.25, 0.3) is 0 Å². The van der Waals surface area contributed by atoms with Crippen LogP contribution in [0.5, 0.6) is 5.75 Å². The zero-order valence-electron chi connectivity index (χ0n) is 9.31. The summed E-state index contributed by atoms with van der Waals surface area (Å²) in [5, 5.41) is 8.74. The first-order valence-corrected chi connectivity index (χ1v) is 5.28. The molecule has 4 heteroatoms. The van der Waals surface area contributed by atoms with Gasteiger partial charge < -0.3 is 14.3 Å². The number of hydrogen-bond donors (Lipinski definition) is 1. The molecule has 0 atom stereocenters. The first kappa shape index (κ1) is 12.5. The van der Waals surface area contributed by atoms with E-state index in [0.29, 0.717) is 6.61 Å². The van der Waals surface area contributed by atoms with Crippen LogP contribution < -0.4 is 10.2 Å². The summed E-state index contributed by atoms with van der Waals surface area (Å²) >= 11 is 0. The summed E-state index contributed by atoms with van der Waals surface area (Å²) in [4.78, 5) is 11.4. The van der Waals surface area contributed by atoms with Gasteiger partial charge in [-0.15, -0.1) is 0 Å². The largest absolute Gasteiger partial charge is 0.486 e. The average molecular weight is 224 g/mol. The van der Waals surface area contributed by atoms with Crippen LogP contribution in [0.15, 0.2) is 33.7 Å². The Morgan fingerprint density at radius 2 is 2.31 bits per heavy atom. The third-order valence-corrected chi connectivity index (χ3v) is 1.95. The number of allylic oxidation sites excluding steroid dienone is 1. The van der Waals surface area contributed by atoms with Crippen LogP contribution in [0.25, 0.3) is 0 Å². The van der Waals surface area contributed by atoms with Crippen molar-refractivity contribution in [2.45, 2.75) is 26.4 Å². The summed E-state index contributed by atoms with van der Waals surface area (Å²) in [5.74, 6) is 0.422. The molecule has 0 radical (unpaired) electrons. The summed E-state index contributed by atoms with van der Waals surface area (Å²) < 4.78 is 10.2. The third-order valence-electron chi connectivity index (χ3n) is 1.95. The maximum absolute atomic E-state index is 11.4. The molecular formula is C12H16O4. The van der Waals surface area contributed by atoms with Crippen LogP contribution in [0.2, 0.25) is 0 Å². The van der Waals surface area contributed by atoms with Crippen LogP contribution in [0.1, 0.15) is 25.5 Å². The molecule has 0 aliphatic carbocycles. The Morgan fingerprint density at radius 1 is 1.50 bits per heavy atom. The Hall–Kier alpha value is -1.55. The van der Waals surface area contributed by atoms with Crippen LogP contribution >= 0.6 is 0 Å². The topological polar surface area (TPSA) is 59.7 Å². The lowest BCUT2D eigenvalue weighted by Gasteiger charge is -2.03. The molecule has 1 rings (SSSR count). The first-order chi connectivity index (χ1) is 7.77. The van der Waals surface area contributed by atoms with Gasteiger partial charge in [-0.1, -0.05) is 19.1 Å². The summed E-state index contributed by atoms with van der Waals surface area (Å²) in [5.41, 5.74) is -0.269. The van der Waals surface area contributed by atoms with Gasteiger partial charge in [0, 0.05) is 6.07 Å². The number of aliphatic hydroxyl groups excluding tert-OH is 1. The second-order valence-electron chi connectivity index (χ2n) is 3.25. The molecular weight excluding hydrogens is 208 g/mol. The quantitative estimate of drug-likeness (QED) is 0.592. The highest BCUT2D eigenvalue weighted by molar-refractivity contribution is 5.17. The molecule has 88 valence electrons. The van der Waals surface area contributed by atoms with Crippen LogP contribution in [0.3, 0.4) is 0 Å². The van der Waals surface area contributed by atoms with Crippen molar-refractivity contribution in [1.82, 2.24) is 0 Å². The lowest BCUT2D eigenvalue weighted by atomic mass is 10.3. The van der Waals surface area contributed by atoms with Gasteiger partial charge in [-0.2, -0.15) is 0 Å². The minimum atomic E-state index is -0.283.